The quantitative estimate of drug-likeness (QED) is 0.655. The van der Waals surface area contributed by atoms with E-state index in [1.54, 1.807) is 19.2 Å². The number of rotatable bonds is 6. The van der Waals surface area contributed by atoms with Crippen LogP contribution in [0.1, 0.15) is 28.7 Å². The maximum absolute atomic E-state index is 12.3. The number of nitrogens with zero attached hydrogens (tertiary/aromatic N) is 3. The Morgan fingerprint density at radius 3 is 2.78 bits per heavy atom. The van der Waals surface area contributed by atoms with Crippen LogP contribution >= 0.6 is 0 Å². The van der Waals surface area contributed by atoms with Crippen LogP contribution < -0.4 is 5.32 Å². The highest BCUT2D eigenvalue weighted by Crippen LogP contribution is 2.20. The number of carbonyl (C=O) groups is 1. The maximum atomic E-state index is 12.3. The number of aromatic nitrogens is 2. The van der Waals surface area contributed by atoms with Crippen LogP contribution in [0.5, 0.6) is 0 Å². The average molecular weight is 316 g/mol. The van der Waals surface area contributed by atoms with Gasteiger partial charge in [-0.15, -0.1) is 0 Å². The Bertz CT molecular complexity index is 724. The van der Waals surface area contributed by atoms with Crippen LogP contribution in [-0.2, 0) is 6.54 Å². The second-order valence-electron chi connectivity index (χ2n) is 5.65. The molecule has 0 saturated heterocycles. The maximum Gasteiger partial charge on any atom is 0.273 e. The van der Waals surface area contributed by atoms with Crippen molar-refractivity contribution in [2.45, 2.75) is 27.3 Å². The molecule has 0 fully saturated rings. The lowest BCUT2D eigenvalue weighted by Crippen LogP contribution is -2.30. The summed E-state index contributed by atoms with van der Waals surface area (Å²) in [6, 6.07) is 4.53. The van der Waals surface area contributed by atoms with Crippen LogP contribution in [0.3, 0.4) is 0 Å². The van der Waals surface area contributed by atoms with Crippen molar-refractivity contribution in [1.29, 1.82) is 0 Å². The van der Waals surface area contributed by atoms with Gasteiger partial charge in [-0.2, -0.15) is 0 Å². The molecule has 0 bridgehead atoms. The van der Waals surface area contributed by atoms with E-state index < -0.39 is 4.92 Å². The molecule has 1 amide bonds. The molecule has 0 aliphatic heterocycles. The number of hydrogen-bond donors (Lipinski definition) is 1. The van der Waals surface area contributed by atoms with Gasteiger partial charge in [-0.1, -0.05) is 13.0 Å². The van der Waals surface area contributed by atoms with Crippen LogP contribution in [0, 0.1) is 29.9 Å². The smallest absolute Gasteiger partial charge is 0.273 e. The lowest BCUT2D eigenvalue weighted by molar-refractivity contribution is -0.385. The molecule has 1 aromatic carbocycles. The van der Waals surface area contributed by atoms with E-state index in [9.17, 15) is 14.9 Å². The Morgan fingerprint density at radius 2 is 2.17 bits per heavy atom. The van der Waals surface area contributed by atoms with Crippen molar-refractivity contribution in [3.05, 3.63) is 57.7 Å². The van der Waals surface area contributed by atoms with Gasteiger partial charge in [-0.05, 0) is 25.8 Å². The number of benzene rings is 1. The van der Waals surface area contributed by atoms with E-state index in [4.69, 9.17) is 0 Å². The monoisotopic (exact) mass is 316 g/mol. The molecule has 7 heteroatoms. The molecule has 122 valence electrons. The molecule has 0 saturated carbocycles. The number of nitrogens with one attached hydrogen (secondary N) is 1. The predicted octanol–water partition coefficient (Wildman–Crippen LogP) is 2.47. The zero-order valence-corrected chi connectivity index (χ0v) is 13.4. The summed E-state index contributed by atoms with van der Waals surface area (Å²) in [6.45, 7) is 6.78. The van der Waals surface area contributed by atoms with Crippen molar-refractivity contribution in [3.63, 3.8) is 0 Å². The molecule has 1 aromatic heterocycles. The summed E-state index contributed by atoms with van der Waals surface area (Å²) in [6.07, 6.45) is 3.64. The van der Waals surface area contributed by atoms with E-state index >= 15 is 0 Å². The van der Waals surface area contributed by atoms with Crippen LogP contribution in [0.2, 0.25) is 0 Å². The first-order valence-electron chi connectivity index (χ1n) is 7.40. The van der Waals surface area contributed by atoms with Crippen molar-refractivity contribution in [2.75, 3.05) is 6.54 Å². The molecule has 2 rings (SSSR count). The highest BCUT2D eigenvalue weighted by Gasteiger charge is 2.18. The van der Waals surface area contributed by atoms with Crippen molar-refractivity contribution in [2.24, 2.45) is 5.92 Å². The Hall–Kier alpha value is -2.70. The number of amides is 1. The van der Waals surface area contributed by atoms with Crippen molar-refractivity contribution < 1.29 is 9.72 Å². The standard InChI is InChI=1S/C16H20N4O3/c1-11(10-19-8-7-17-13(19)3)9-18-16(21)14-5-4-6-15(12(14)2)20(22)23/h4-8,11H,9-10H2,1-3H3,(H,18,21)/t11-/m0/s1. The number of hydrogen-bond acceptors (Lipinski definition) is 4. The SMILES string of the molecule is Cc1c(C(=O)NC[C@H](C)Cn2ccnc2C)cccc1[N+](=O)[O-]. The van der Waals surface area contributed by atoms with E-state index in [1.165, 1.54) is 12.1 Å². The Morgan fingerprint density at radius 1 is 1.43 bits per heavy atom. The fraction of sp³-hybridized carbons (Fsp3) is 0.375. The predicted molar refractivity (Wildman–Crippen MR) is 86.3 cm³/mol. The van der Waals surface area contributed by atoms with Crippen LogP contribution in [0.4, 0.5) is 5.69 Å². The number of nitro benzene ring substituents is 1. The summed E-state index contributed by atoms with van der Waals surface area (Å²) in [4.78, 5) is 26.9. The van der Waals surface area contributed by atoms with Crippen molar-refractivity contribution in [1.82, 2.24) is 14.9 Å². The largest absolute Gasteiger partial charge is 0.352 e. The minimum atomic E-state index is -0.476. The summed E-state index contributed by atoms with van der Waals surface area (Å²) in [5.74, 6) is 0.851. The van der Waals surface area contributed by atoms with Gasteiger partial charge in [0.15, 0.2) is 0 Å². The van der Waals surface area contributed by atoms with Crippen LogP contribution in [-0.4, -0.2) is 26.9 Å². The zero-order valence-electron chi connectivity index (χ0n) is 13.4. The normalized spacial score (nSPS) is 12.0. The topological polar surface area (TPSA) is 90.1 Å². The molecule has 1 N–H and O–H groups in total. The first kappa shape index (κ1) is 16.7. The molecule has 7 nitrogen and oxygen atoms in total. The summed E-state index contributed by atoms with van der Waals surface area (Å²) < 4.78 is 2.02. The van der Waals surface area contributed by atoms with E-state index in [0.717, 1.165) is 12.4 Å². The molecule has 0 spiro atoms. The summed E-state index contributed by atoms with van der Waals surface area (Å²) in [7, 11) is 0. The number of carbonyl (C=O) groups excluding carboxylic acids is 1. The second kappa shape index (κ2) is 7.04. The molecular formula is C16H20N4O3. The fourth-order valence-electron chi connectivity index (χ4n) is 2.43. The first-order valence-corrected chi connectivity index (χ1v) is 7.40. The molecule has 0 radical (unpaired) electrons. The third-order valence-electron chi connectivity index (χ3n) is 3.79. The van der Waals surface area contributed by atoms with Crippen LogP contribution in [0.25, 0.3) is 0 Å². The van der Waals surface area contributed by atoms with Crippen molar-refractivity contribution in [3.8, 4) is 0 Å². The summed E-state index contributed by atoms with van der Waals surface area (Å²) in [5.41, 5.74) is 0.679. The minimum absolute atomic E-state index is 0.0419. The Balaban J connectivity index is 1.98. The molecule has 0 aliphatic rings. The number of aryl methyl sites for hydroxylation is 1. The highest BCUT2D eigenvalue weighted by molar-refractivity contribution is 5.96. The Kier molecular flexibility index (Phi) is 5.10. The van der Waals surface area contributed by atoms with E-state index in [0.29, 0.717) is 17.7 Å². The van der Waals surface area contributed by atoms with Gasteiger partial charge < -0.3 is 9.88 Å². The highest BCUT2D eigenvalue weighted by atomic mass is 16.6. The molecule has 1 heterocycles. The van der Waals surface area contributed by atoms with Gasteiger partial charge in [0.25, 0.3) is 11.6 Å². The van der Waals surface area contributed by atoms with Gasteiger partial charge in [0.05, 0.1) is 4.92 Å². The summed E-state index contributed by atoms with van der Waals surface area (Å²) >= 11 is 0. The lowest BCUT2D eigenvalue weighted by Gasteiger charge is -2.15. The second-order valence-corrected chi connectivity index (χ2v) is 5.65. The van der Waals surface area contributed by atoms with Gasteiger partial charge in [-0.25, -0.2) is 4.98 Å². The fourth-order valence-corrected chi connectivity index (χ4v) is 2.43. The molecule has 0 unspecified atom stereocenters. The zero-order chi connectivity index (χ0) is 17.0. The van der Waals surface area contributed by atoms with Crippen LogP contribution in [0.15, 0.2) is 30.6 Å². The first-order chi connectivity index (χ1) is 10.9. The molecule has 2 aromatic rings. The van der Waals surface area contributed by atoms with Crippen molar-refractivity contribution >= 4 is 11.6 Å². The van der Waals surface area contributed by atoms with Gasteiger partial charge in [0.2, 0.25) is 0 Å². The lowest BCUT2D eigenvalue weighted by atomic mass is 10.1. The minimum Gasteiger partial charge on any atom is -0.352 e. The molecule has 0 aliphatic carbocycles. The van der Waals surface area contributed by atoms with Gasteiger partial charge in [-0.3, -0.25) is 14.9 Å². The summed E-state index contributed by atoms with van der Waals surface area (Å²) in [5, 5.41) is 13.8. The third-order valence-corrected chi connectivity index (χ3v) is 3.79. The number of imidazole rings is 1. The van der Waals surface area contributed by atoms with Gasteiger partial charge >= 0.3 is 0 Å². The molecular weight excluding hydrogens is 296 g/mol. The van der Waals surface area contributed by atoms with E-state index in [-0.39, 0.29) is 17.5 Å². The van der Waals surface area contributed by atoms with Gasteiger partial charge in [0, 0.05) is 42.7 Å². The average Bonchev–Trinajstić information content (AvgIpc) is 2.90. The number of nitro groups is 1. The molecule has 1 atom stereocenters. The molecule has 23 heavy (non-hydrogen) atoms. The Labute approximate surface area is 134 Å². The van der Waals surface area contributed by atoms with E-state index in [1.807, 2.05) is 24.6 Å². The van der Waals surface area contributed by atoms with E-state index in [2.05, 4.69) is 10.3 Å². The van der Waals surface area contributed by atoms with Gasteiger partial charge in [0.1, 0.15) is 5.82 Å². The third kappa shape index (κ3) is 3.94.